The largest absolute Gasteiger partial charge is 0.494 e. The summed E-state index contributed by atoms with van der Waals surface area (Å²) in [5, 5.41) is 0. The van der Waals surface area contributed by atoms with Crippen molar-refractivity contribution < 1.29 is 9.47 Å². The van der Waals surface area contributed by atoms with Crippen molar-refractivity contribution in [1.29, 1.82) is 0 Å². The smallest absolute Gasteiger partial charge is 0.119 e. The van der Waals surface area contributed by atoms with E-state index in [9.17, 15) is 0 Å². The molecule has 0 spiro atoms. The number of nitrogens with zero attached hydrogens (tertiary/aromatic N) is 1. The Labute approximate surface area is 121 Å². The highest BCUT2D eigenvalue weighted by molar-refractivity contribution is 5.29. The molecule has 0 radical (unpaired) electrons. The van der Waals surface area contributed by atoms with E-state index in [4.69, 9.17) is 15.2 Å². The van der Waals surface area contributed by atoms with Crippen LogP contribution in [0.2, 0.25) is 0 Å². The predicted molar refractivity (Wildman–Crippen MR) is 81.0 cm³/mol. The minimum atomic E-state index is 0.250. The SMILES string of the molecule is CCOc1ccc([C@@H](CN)N2C[C@@H](C)O[C@@H](C)C2)cc1. The first kappa shape index (κ1) is 15.3. The van der Waals surface area contributed by atoms with Gasteiger partial charge in [-0.15, -0.1) is 0 Å². The van der Waals surface area contributed by atoms with Crippen molar-refractivity contribution in [2.45, 2.75) is 39.0 Å². The van der Waals surface area contributed by atoms with Crippen LogP contribution in [0.4, 0.5) is 0 Å². The van der Waals surface area contributed by atoms with Crippen molar-refractivity contribution in [3.05, 3.63) is 29.8 Å². The number of benzene rings is 1. The van der Waals surface area contributed by atoms with E-state index >= 15 is 0 Å². The van der Waals surface area contributed by atoms with E-state index in [1.165, 1.54) is 5.56 Å². The van der Waals surface area contributed by atoms with Gasteiger partial charge >= 0.3 is 0 Å². The van der Waals surface area contributed by atoms with E-state index < -0.39 is 0 Å². The Hall–Kier alpha value is -1.10. The highest BCUT2D eigenvalue weighted by Gasteiger charge is 2.28. The van der Waals surface area contributed by atoms with E-state index in [0.29, 0.717) is 13.2 Å². The van der Waals surface area contributed by atoms with Gasteiger partial charge in [0.1, 0.15) is 5.75 Å². The number of morpholine rings is 1. The average molecular weight is 278 g/mol. The van der Waals surface area contributed by atoms with E-state index in [1.54, 1.807) is 0 Å². The molecule has 0 saturated carbocycles. The van der Waals surface area contributed by atoms with Crippen LogP contribution in [-0.2, 0) is 4.74 Å². The Kier molecular flexibility index (Phi) is 5.40. The van der Waals surface area contributed by atoms with Gasteiger partial charge in [-0.1, -0.05) is 12.1 Å². The molecule has 0 amide bonds. The van der Waals surface area contributed by atoms with Gasteiger partial charge in [0.15, 0.2) is 0 Å². The number of hydrogen-bond donors (Lipinski definition) is 1. The van der Waals surface area contributed by atoms with Crippen LogP contribution < -0.4 is 10.5 Å². The summed E-state index contributed by atoms with van der Waals surface area (Å²) in [5.41, 5.74) is 7.26. The number of rotatable bonds is 5. The summed E-state index contributed by atoms with van der Waals surface area (Å²) in [4.78, 5) is 2.43. The third-order valence-electron chi connectivity index (χ3n) is 3.69. The predicted octanol–water partition coefficient (Wildman–Crippen LogP) is 2.19. The van der Waals surface area contributed by atoms with Gasteiger partial charge < -0.3 is 15.2 Å². The molecule has 20 heavy (non-hydrogen) atoms. The lowest BCUT2D eigenvalue weighted by molar-refractivity contribution is -0.0799. The lowest BCUT2D eigenvalue weighted by Crippen LogP contribution is -2.48. The van der Waals surface area contributed by atoms with Gasteiger partial charge in [-0.25, -0.2) is 0 Å². The maximum absolute atomic E-state index is 6.01. The van der Waals surface area contributed by atoms with Gasteiger partial charge in [0.2, 0.25) is 0 Å². The van der Waals surface area contributed by atoms with E-state index in [0.717, 1.165) is 18.8 Å². The van der Waals surface area contributed by atoms with Crippen molar-refractivity contribution in [3.63, 3.8) is 0 Å². The summed E-state index contributed by atoms with van der Waals surface area (Å²) < 4.78 is 11.3. The second-order valence-corrected chi connectivity index (χ2v) is 5.46. The molecule has 1 aliphatic heterocycles. The van der Waals surface area contributed by atoms with Gasteiger partial charge in [-0.2, -0.15) is 0 Å². The third-order valence-corrected chi connectivity index (χ3v) is 3.69. The van der Waals surface area contributed by atoms with Gasteiger partial charge in [0.05, 0.1) is 18.8 Å². The van der Waals surface area contributed by atoms with Crippen molar-refractivity contribution >= 4 is 0 Å². The molecule has 0 aliphatic carbocycles. The summed E-state index contributed by atoms with van der Waals surface area (Å²) in [6.45, 7) is 9.40. The fraction of sp³-hybridized carbons (Fsp3) is 0.625. The zero-order chi connectivity index (χ0) is 14.5. The molecule has 112 valence electrons. The third kappa shape index (κ3) is 3.72. The lowest BCUT2D eigenvalue weighted by Gasteiger charge is -2.40. The first-order chi connectivity index (χ1) is 9.63. The number of hydrogen-bond acceptors (Lipinski definition) is 4. The standard InChI is InChI=1S/C16H26N2O2/c1-4-19-15-7-5-14(6-8-15)16(9-17)18-10-12(2)20-13(3)11-18/h5-8,12-13,16H,4,9-11,17H2,1-3H3/t12-,13+,16-/m1/s1. The molecule has 4 nitrogen and oxygen atoms in total. The molecule has 1 aliphatic rings. The van der Waals surface area contributed by atoms with Crippen LogP contribution in [0.15, 0.2) is 24.3 Å². The fourth-order valence-corrected chi connectivity index (χ4v) is 2.92. The van der Waals surface area contributed by atoms with Crippen LogP contribution in [0.3, 0.4) is 0 Å². The quantitative estimate of drug-likeness (QED) is 0.897. The van der Waals surface area contributed by atoms with Gasteiger partial charge in [0, 0.05) is 25.7 Å². The molecule has 1 aromatic rings. The summed E-state index contributed by atoms with van der Waals surface area (Å²) in [6, 6.07) is 8.53. The molecule has 2 N–H and O–H groups in total. The zero-order valence-corrected chi connectivity index (χ0v) is 12.7. The molecule has 1 saturated heterocycles. The maximum Gasteiger partial charge on any atom is 0.119 e. The summed E-state index contributed by atoms with van der Waals surface area (Å²) >= 11 is 0. The highest BCUT2D eigenvalue weighted by atomic mass is 16.5. The monoisotopic (exact) mass is 278 g/mol. The van der Waals surface area contributed by atoms with Gasteiger partial charge in [0.25, 0.3) is 0 Å². The first-order valence-corrected chi connectivity index (χ1v) is 7.46. The molecule has 4 heteroatoms. The molecule has 0 aromatic heterocycles. The lowest BCUT2D eigenvalue weighted by atomic mass is 10.0. The van der Waals surface area contributed by atoms with Gasteiger partial charge in [-0.3, -0.25) is 4.90 Å². The summed E-state index contributed by atoms with van der Waals surface area (Å²) in [7, 11) is 0. The Morgan fingerprint density at radius 3 is 2.35 bits per heavy atom. The van der Waals surface area contributed by atoms with Crippen LogP contribution in [0, 0.1) is 0 Å². The fourth-order valence-electron chi connectivity index (χ4n) is 2.92. The average Bonchev–Trinajstić information content (AvgIpc) is 2.41. The minimum absolute atomic E-state index is 0.250. The van der Waals surface area contributed by atoms with Crippen LogP contribution in [0.5, 0.6) is 5.75 Å². The van der Waals surface area contributed by atoms with Crippen molar-refractivity contribution in [3.8, 4) is 5.75 Å². The maximum atomic E-state index is 6.01. The second kappa shape index (κ2) is 7.07. The highest BCUT2D eigenvalue weighted by Crippen LogP contribution is 2.25. The minimum Gasteiger partial charge on any atom is -0.494 e. The molecule has 2 rings (SSSR count). The van der Waals surface area contributed by atoms with Crippen molar-refractivity contribution in [2.75, 3.05) is 26.2 Å². The molecule has 1 heterocycles. The molecular formula is C16H26N2O2. The summed E-state index contributed by atoms with van der Waals surface area (Å²) in [6.07, 6.45) is 0.519. The molecule has 0 bridgehead atoms. The van der Waals surface area contributed by atoms with E-state index in [1.807, 2.05) is 19.1 Å². The first-order valence-electron chi connectivity index (χ1n) is 7.46. The van der Waals surface area contributed by atoms with Gasteiger partial charge in [-0.05, 0) is 38.5 Å². The van der Waals surface area contributed by atoms with E-state index in [-0.39, 0.29) is 18.2 Å². The molecule has 0 unspecified atom stereocenters. The Morgan fingerprint density at radius 2 is 1.85 bits per heavy atom. The number of nitrogens with two attached hydrogens (primary N) is 1. The number of ether oxygens (including phenoxy) is 2. The van der Waals surface area contributed by atoms with Crippen molar-refractivity contribution in [1.82, 2.24) is 4.90 Å². The second-order valence-electron chi connectivity index (χ2n) is 5.46. The Morgan fingerprint density at radius 1 is 1.25 bits per heavy atom. The van der Waals surface area contributed by atoms with Crippen LogP contribution >= 0.6 is 0 Å². The molecular weight excluding hydrogens is 252 g/mol. The van der Waals surface area contributed by atoms with Crippen LogP contribution in [-0.4, -0.2) is 43.3 Å². The molecule has 3 atom stereocenters. The Balaban J connectivity index is 2.10. The molecule has 1 fully saturated rings. The zero-order valence-electron chi connectivity index (χ0n) is 12.7. The molecule has 1 aromatic carbocycles. The topological polar surface area (TPSA) is 47.7 Å². The van der Waals surface area contributed by atoms with Crippen LogP contribution in [0.25, 0.3) is 0 Å². The summed E-state index contributed by atoms with van der Waals surface area (Å²) in [5.74, 6) is 0.913. The van der Waals surface area contributed by atoms with Crippen molar-refractivity contribution in [2.24, 2.45) is 5.73 Å². The Bertz CT molecular complexity index is 397. The van der Waals surface area contributed by atoms with Crippen LogP contribution in [0.1, 0.15) is 32.4 Å². The van der Waals surface area contributed by atoms with E-state index in [2.05, 4.69) is 30.9 Å². The normalized spacial score (nSPS) is 25.4.